The maximum atomic E-state index is 12.3. The van der Waals surface area contributed by atoms with Crippen LogP contribution in [0.3, 0.4) is 0 Å². The lowest BCUT2D eigenvalue weighted by Gasteiger charge is -2.22. The first-order chi connectivity index (χ1) is 8.58. The normalized spacial score (nSPS) is 10.5. The molecule has 18 heavy (non-hydrogen) atoms. The van der Waals surface area contributed by atoms with Crippen LogP contribution >= 0.6 is 0 Å². The van der Waals surface area contributed by atoms with Gasteiger partial charge in [0, 0.05) is 19.6 Å². The molecular formula is C13H22N4O. The number of nitrogens with one attached hydrogen (secondary N) is 1. The highest BCUT2D eigenvalue weighted by Gasteiger charge is 2.17. The highest BCUT2D eigenvalue weighted by atomic mass is 16.2. The minimum Gasteiger partial charge on any atom is -0.369 e. The van der Waals surface area contributed by atoms with E-state index >= 15 is 0 Å². The molecule has 0 spiro atoms. The van der Waals surface area contributed by atoms with E-state index in [0.717, 1.165) is 13.1 Å². The van der Waals surface area contributed by atoms with E-state index < -0.39 is 0 Å². The lowest BCUT2D eigenvalue weighted by atomic mass is 10.2. The minimum absolute atomic E-state index is 0.0570. The van der Waals surface area contributed by atoms with Gasteiger partial charge in [-0.1, -0.05) is 13.8 Å². The molecule has 0 fully saturated rings. The van der Waals surface area contributed by atoms with Gasteiger partial charge in [0.05, 0.1) is 12.4 Å². The Bertz CT molecular complexity index is 392. The minimum atomic E-state index is -0.0570. The molecule has 0 aromatic carbocycles. The van der Waals surface area contributed by atoms with Crippen LogP contribution in [0.1, 0.15) is 38.2 Å². The molecule has 1 aromatic rings. The zero-order valence-corrected chi connectivity index (χ0v) is 11.6. The summed E-state index contributed by atoms with van der Waals surface area (Å²) in [5.74, 6) is 1.03. The smallest absolute Gasteiger partial charge is 0.274 e. The highest BCUT2D eigenvalue weighted by molar-refractivity contribution is 5.92. The SMILES string of the molecule is CCNc1cncc(C(=O)N(CC)CC(C)C)n1. The van der Waals surface area contributed by atoms with Crippen molar-refractivity contribution in [2.45, 2.75) is 27.7 Å². The molecule has 1 N–H and O–H groups in total. The summed E-state index contributed by atoms with van der Waals surface area (Å²) in [4.78, 5) is 22.4. The number of amides is 1. The number of nitrogens with zero attached hydrogens (tertiary/aromatic N) is 3. The summed E-state index contributed by atoms with van der Waals surface area (Å²) in [6.45, 7) is 10.3. The van der Waals surface area contributed by atoms with Crippen molar-refractivity contribution in [3.63, 3.8) is 0 Å². The third kappa shape index (κ3) is 3.98. The molecule has 1 rings (SSSR count). The molecule has 0 saturated heterocycles. The van der Waals surface area contributed by atoms with Gasteiger partial charge in [0.1, 0.15) is 11.5 Å². The largest absolute Gasteiger partial charge is 0.369 e. The lowest BCUT2D eigenvalue weighted by molar-refractivity contribution is 0.0739. The standard InChI is InChI=1S/C13H22N4O/c1-5-15-12-8-14-7-11(16-12)13(18)17(6-2)9-10(3)4/h7-8,10H,5-6,9H2,1-4H3,(H,15,16). The van der Waals surface area contributed by atoms with Crippen LogP contribution in [-0.2, 0) is 0 Å². The predicted octanol–water partition coefficient (Wildman–Crippen LogP) is 2.03. The van der Waals surface area contributed by atoms with Crippen molar-refractivity contribution in [3.8, 4) is 0 Å². The van der Waals surface area contributed by atoms with Crippen LogP contribution in [0, 0.1) is 5.92 Å². The van der Waals surface area contributed by atoms with Gasteiger partial charge in [-0.2, -0.15) is 0 Å². The number of carbonyl (C=O) groups excluding carboxylic acids is 1. The zero-order valence-electron chi connectivity index (χ0n) is 11.6. The quantitative estimate of drug-likeness (QED) is 0.839. The van der Waals surface area contributed by atoms with Gasteiger partial charge in [0.15, 0.2) is 0 Å². The molecule has 100 valence electrons. The van der Waals surface area contributed by atoms with E-state index in [1.54, 1.807) is 11.1 Å². The summed E-state index contributed by atoms with van der Waals surface area (Å²) in [5, 5.41) is 3.06. The van der Waals surface area contributed by atoms with Gasteiger partial charge in [0.2, 0.25) is 0 Å². The van der Waals surface area contributed by atoms with E-state index in [4.69, 9.17) is 0 Å². The van der Waals surface area contributed by atoms with Crippen LogP contribution in [-0.4, -0.2) is 40.4 Å². The maximum absolute atomic E-state index is 12.3. The van der Waals surface area contributed by atoms with E-state index in [-0.39, 0.29) is 5.91 Å². The van der Waals surface area contributed by atoms with Gasteiger partial charge in [-0.25, -0.2) is 4.98 Å². The Morgan fingerprint density at radius 3 is 2.67 bits per heavy atom. The summed E-state index contributed by atoms with van der Waals surface area (Å²) < 4.78 is 0. The molecule has 0 aliphatic carbocycles. The maximum Gasteiger partial charge on any atom is 0.274 e. The summed E-state index contributed by atoms with van der Waals surface area (Å²) >= 11 is 0. The Labute approximate surface area is 109 Å². The van der Waals surface area contributed by atoms with Gasteiger partial charge in [-0.15, -0.1) is 0 Å². The summed E-state index contributed by atoms with van der Waals surface area (Å²) in [6, 6.07) is 0. The molecule has 0 radical (unpaired) electrons. The summed E-state index contributed by atoms with van der Waals surface area (Å²) in [5.41, 5.74) is 0.399. The topological polar surface area (TPSA) is 58.1 Å². The van der Waals surface area contributed by atoms with Crippen LogP contribution in [0.5, 0.6) is 0 Å². The van der Waals surface area contributed by atoms with Crippen molar-refractivity contribution in [2.24, 2.45) is 5.92 Å². The molecule has 0 unspecified atom stereocenters. The second kappa shape index (κ2) is 6.93. The van der Waals surface area contributed by atoms with Crippen molar-refractivity contribution in [1.82, 2.24) is 14.9 Å². The molecular weight excluding hydrogens is 228 g/mol. The first-order valence-corrected chi connectivity index (χ1v) is 6.43. The molecule has 0 aliphatic rings. The van der Waals surface area contributed by atoms with Crippen LogP contribution in [0.15, 0.2) is 12.4 Å². The Hall–Kier alpha value is -1.65. The molecule has 1 aromatic heterocycles. The van der Waals surface area contributed by atoms with Crippen molar-refractivity contribution in [1.29, 1.82) is 0 Å². The Kier molecular flexibility index (Phi) is 5.55. The number of hydrogen-bond acceptors (Lipinski definition) is 4. The number of rotatable bonds is 6. The van der Waals surface area contributed by atoms with Gasteiger partial charge in [0.25, 0.3) is 5.91 Å². The average Bonchev–Trinajstić information content (AvgIpc) is 2.35. The third-order valence-electron chi connectivity index (χ3n) is 2.47. The van der Waals surface area contributed by atoms with Crippen LogP contribution in [0.25, 0.3) is 0 Å². The second-order valence-corrected chi connectivity index (χ2v) is 4.56. The molecule has 0 atom stereocenters. The van der Waals surface area contributed by atoms with Gasteiger partial charge in [-0.3, -0.25) is 9.78 Å². The van der Waals surface area contributed by atoms with E-state index in [9.17, 15) is 4.79 Å². The Morgan fingerprint density at radius 1 is 1.39 bits per heavy atom. The Morgan fingerprint density at radius 2 is 2.11 bits per heavy atom. The van der Waals surface area contributed by atoms with Crippen LogP contribution in [0.4, 0.5) is 5.82 Å². The fourth-order valence-electron chi connectivity index (χ4n) is 1.69. The monoisotopic (exact) mass is 250 g/mol. The van der Waals surface area contributed by atoms with Crippen molar-refractivity contribution in [3.05, 3.63) is 18.1 Å². The fraction of sp³-hybridized carbons (Fsp3) is 0.615. The molecule has 1 heterocycles. The average molecular weight is 250 g/mol. The zero-order chi connectivity index (χ0) is 13.5. The molecule has 5 nitrogen and oxygen atoms in total. The second-order valence-electron chi connectivity index (χ2n) is 4.56. The number of carbonyl (C=O) groups is 1. The molecule has 0 bridgehead atoms. The first-order valence-electron chi connectivity index (χ1n) is 6.43. The molecule has 0 saturated carbocycles. The van der Waals surface area contributed by atoms with Crippen molar-refractivity contribution >= 4 is 11.7 Å². The molecule has 1 amide bonds. The van der Waals surface area contributed by atoms with Gasteiger partial charge >= 0.3 is 0 Å². The van der Waals surface area contributed by atoms with E-state index in [2.05, 4.69) is 29.1 Å². The van der Waals surface area contributed by atoms with E-state index in [1.165, 1.54) is 6.20 Å². The van der Waals surface area contributed by atoms with Gasteiger partial charge in [-0.05, 0) is 19.8 Å². The predicted molar refractivity (Wildman–Crippen MR) is 72.6 cm³/mol. The van der Waals surface area contributed by atoms with Gasteiger partial charge < -0.3 is 10.2 Å². The molecule has 0 aliphatic heterocycles. The van der Waals surface area contributed by atoms with Crippen LogP contribution in [0.2, 0.25) is 0 Å². The van der Waals surface area contributed by atoms with Crippen LogP contribution < -0.4 is 5.32 Å². The van der Waals surface area contributed by atoms with E-state index in [1.807, 2.05) is 13.8 Å². The number of anilines is 1. The Balaban J connectivity index is 2.84. The number of hydrogen-bond donors (Lipinski definition) is 1. The summed E-state index contributed by atoms with van der Waals surface area (Å²) in [7, 11) is 0. The van der Waals surface area contributed by atoms with E-state index in [0.29, 0.717) is 24.0 Å². The lowest BCUT2D eigenvalue weighted by Crippen LogP contribution is -2.34. The van der Waals surface area contributed by atoms with Crippen molar-refractivity contribution in [2.75, 3.05) is 25.0 Å². The van der Waals surface area contributed by atoms with Crippen molar-refractivity contribution < 1.29 is 4.79 Å². The fourth-order valence-corrected chi connectivity index (χ4v) is 1.69. The first kappa shape index (κ1) is 14.4. The molecule has 5 heteroatoms. The third-order valence-corrected chi connectivity index (χ3v) is 2.47. The highest BCUT2D eigenvalue weighted by Crippen LogP contribution is 2.07. The summed E-state index contributed by atoms with van der Waals surface area (Å²) in [6.07, 6.45) is 3.14. The number of aromatic nitrogens is 2.